The van der Waals surface area contributed by atoms with Crippen LogP contribution in [0.3, 0.4) is 0 Å². The first-order valence-corrected chi connectivity index (χ1v) is 5.87. The second kappa shape index (κ2) is 7.70. The van der Waals surface area contributed by atoms with E-state index in [2.05, 4.69) is 10.6 Å². The summed E-state index contributed by atoms with van der Waals surface area (Å²) in [6.45, 7) is 0.0124. The first-order chi connectivity index (χ1) is 9.90. The lowest BCUT2D eigenvalue weighted by Crippen LogP contribution is -2.32. The average molecular weight is 297 g/mol. The highest BCUT2D eigenvalue weighted by molar-refractivity contribution is 5.95. The number of rotatable bonds is 7. The van der Waals surface area contributed by atoms with Crippen molar-refractivity contribution in [2.75, 3.05) is 25.1 Å². The largest absolute Gasteiger partial charge is 0.507 e. The van der Waals surface area contributed by atoms with E-state index in [-0.39, 0.29) is 31.0 Å². The molecule has 0 radical (unpaired) electrons. The van der Waals surface area contributed by atoms with E-state index in [1.54, 1.807) is 0 Å². The Balaban J connectivity index is 2.43. The molecule has 0 unspecified atom stereocenters. The van der Waals surface area contributed by atoms with Gasteiger partial charge in [-0.2, -0.15) is 0 Å². The molecule has 0 spiro atoms. The van der Waals surface area contributed by atoms with E-state index in [0.29, 0.717) is 0 Å². The Kier molecular flexibility index (Phi) is 5.96. The van der Waals surface area contributed by atoms with Gasteiger partial charge < -0.3 is 31.3 Å². The maximum Gasteiger partial charge on any atom is 0.339 e. The number of benzene rings is 1. The Hall–Kier alpha value is -2.81. The third kappa shape index (κ3) is 5.78. The lowest BCUT2D eigenvalue weighted by atomic mass is 10.2. The van der Waals surface area contributed by atoms with Gasteiger partial charge >= 0.3 is 12.0 Å². The molecule has 0 aromatic heterocycles. The highest BCUT2D eigenvalue weighted by Crippen LogP contribution is 2.21. The number of anilines is 1. The highest BCUT2D eigenvalue weighted by Gasteiger charge is 2.11. The quantitative estimate of drug-likeness (QED) is 0.344. The number of urea groups is 1. The van der Waals surface area contributed by atoms with Crippen molar-refractivity contribution < 1.29 is 29.3 Å². The number of aromatic hydroxyl groups is 1. The molecule has 114 valence electrons. The van der Waals surface area contributed by atoms with Crippen LogP contribution in [-0.4, -0.2) is 47.9 Å². The monoisotopic (exact) mass is 297 g/mol. The maximum atomic E-state index is 11.5. The molecule has 0 saturated heterocycles. The number of primary amides is 1. The van der Waals surface area contributed by atoms with E-state index in [1.165, 1.54) is 6.07 Å². The van der Waals surface area contributed by atoms with Crippen LogP contribution in [0, 0.1) is 0 Å². The zero-order valence-corrected chi connectivity index (χ0v) is 11.0. The van der Waals surface area contributed by atoms with E-state index >= 15 is 0 Å². The fourth-order valence-electron chi connectivity index (χ4n) is 1.37. The number of aromatic carboxylic acids is 1. The van der Waals surface area contributed by atoms with Gasteiger partial charge in [-0.25, -0.2) is 9.59 Å². The van der Waals surface area contributed by atoms with Crippen molar-refractivity contribution in [1.82, 2.24) is 5.32 Å². The van der Waals surface area contributed by atoms with E-state index in [0.717, 1.165) is 12.1 Å². The second-order valence-corrected chi connectivity index (χ2v) is 3.94. The number of ether oxygens (including phenoxy) is 1. The summed E-state index contributed by atoms with van der Waals surface area (Å²) in [7, 11) is 0. The third-order valence-corrected chi connectivity index (χ3v) is 2.26. The number of hydrogen-bond acceptors (Lipinski definition) is 5. The number of carbonyl (C=O) groups excluding carboxylic acids is 2. The number of nitrogens with one attached hydrogen (secondary N) is 2. The van der Waals surface area contributed by atoms with Crippen LogP contribution < -0.4 is 16.4 Å². The van der Waals surface area contributed by atoms with Crippen molar-refractivity contribution in [3.63, 3.8) is 0 Å². The molecule has 21 heavy (non-hydrogen) atoms. The van der Waals surface area contributed by atoms with Crippen LogP contribution in [0.5, 0.6) is 5.75 Å². The van der Waals surface area contributed by atoms with Gasteiger partial charge in [0.2, 0.25) is 5.91 Å². The Morgan fingerprint density at radius 2 is 2.00 bits per heavy atom. The second-order valence-electron chi connectivity index (χ2n) is 3.94. The van der Waals surface area contributed by atoms with Crippen LogP contribution in [0.1, 0.15) is 10.4 Å². The summed E-state index contributed by atoms with van der Waals surface area (Å²) < 4.78 is 4.83. The molecule has 6 N–H and O–H groups in total. The lowest BCUT2D eigenvalue weighted by Gasteiger charge is -2.09. The molecule has 0 aliphatic heterocycles. The highest BCUT2D eigenvalue weighted by atomic mass is 16.5. The smallest absolute Gasteiger partial charge is 0.339 e. The summed E-state index contributed by atoms with van der Waals surface area (Å²) in [5.41, 5.74) is 4.74. The maximum absolute atomic E-state index is 11.5. The number of amides is 3. The molecule has 9 nitrogen and oxygen atoms in total. The molecule has 1 aromatic carbocycles. The van der Waals surface area contributed by atoms with Crippen LogP contribution in [0.25, 0.3) is 0 Å². The number of carbonyl (C=O) groups is 3. The molecular weight excluding hydrogens is 282 g/mol. The van der Waals surface area contributed by atoms with E-state index < -0.39 is 23.7 Å². The minimum Gasteiger partial charge on any atom is -0.507 e. The Morgan fingerprint density at radius 1 is 1.29 bits per heavy atom. The van der Waals surface area contributed by atoms with Gasteiger partial charge in [-0.15, -0.1) is 0 Å². The molecule has 9 heteroatoms. The fourth-order valence-corrected chi connectivity index (χ4v) is 1.37. The first-order valence-electron chi connectivity index (χ1n) is 5.87. The predicted molar refractivity (Wildman–Crippen MR) is 72.1 cm³/mol. The number of hydrogen-bond donors (Lipinski definition) is 5. The first kappa shape index (κ1) is 16.2. The van der Waals surface area contributed by atoms with Crippen LogP contribution in [-0.2, 0) is 9.53 Å². The van der Waals surface area contributed by atoms with Crippen LogP contribution in [0.2, 0.25) is 0 Å². The van der Waals surface area contributed by atoms with Crippen molar-refractivity contribution in [1.29, 1.82) is 0 Å². The summed E-state index contributed by atoms with van der Waals surface area (Å²) in [4.78, 5) is 32.7. The van der Waals surface area contributed by atoms with Crippen molar-refractivity contribution in [2.24, 2.45) is 5.73 Å². The Labute approximate surface area is 119 Å². The van der Waals surface area contributed by atoms with Gasteiger partial charge in [-0.05, 0) is 18.2 Å². The average Bonchev–Trinajstić information content (AvgIpc) is 2.40. The summed E-state index contributed by atoms with van der Waals surface area (Å²) in [6.07, 6.45) is 0. The van der Waals surface area contributed by atoms with Crippen LogP contribution in [0.4, 0.5) is 10.5 Å². The van der Waals surface area contributed by atoms with Crippen molar-refractivity contribution in [3.05, 3.63) is 23.8 Å². The van der Waals surface area contributed by atoms with Crippen LogP contribution in [0.15, 0.2) is 18.2 Å². The molecule has 0 atom stereocenters. The van der Waals surface area contributed by atoms with Crippen molar-refractivity contribution in [3.8, 4) is 5.75 Å². The van der Waals surface area contributed by atoms with Gasteiger partial charge in [0.05, 0.1) is 6.61 Å². The molecule has 1 rings (SSSR count). The van der Waals surface area contributed by atoms with Gasteiger partial charge in [0, 0.05) is 12.2 Å². The zero-order chi connectivity index (χ0) is 15.8. The fraction of sp³-hybridized carbons (Fsp3) is 0.250. The topological polar surface area (TPSA) is 151 Å². The normalized spacial score (nSPS) is 9.90. The summed E-state index contributed by atoms with van der Waals surface area (Å²) in [5, 5.41) is 23.0. The third-order valence-electron chi connectivity index (χ3n) is 2.26. The molecule has 0 saturated carbocycles. The zero-order valence-electron chi connectivity index (χ0n) is 11.0. The Bertz CT molecular complexity index is 546. The molecule has 0 aliphatic carbocycles. The van der Waals surface area contributed by atoms with Gasteiger partial charge in [-0.1, -0.05) is 0 Å². The minimum atomic E-state index is -1.31. The SMILES string of the molecule is NC(=O)COCCNC(=O)Nc1ccc(O)c(C(=O)O)c1. The van der Waals surface area contributed by atoms with Crippen LogP contribution >= 0.6 is 0 Å². The van der Waals surface area contributed by atoms with Crippen molar-refractivity contribution >= 4 is 23.6 Å². The summed E-state index contributed by atoms with van der Waals surface area (Å²) in [6, 6.07) is 3.06. The molecular formula is C12H15N3O6. The number of carboxylic acids is 1. The molecule has 0 bridgehead atoms. The molecule has 1 aromatic rings. The van der Waals surface area contributed by atoms with E-state index in [4.69, 9.17) is 15.6 Å². The van der Waals surface area contributed by atoms with E-state index in [1.807, 2.05) is 0 Å². The molecule has 0 fully saturated rings. The molecule has 0 aliphatic rings. The summed E-state index contributed by atoms with van der Waals surface area (Å²) in [5.74, 6) is -2.31. The van der Waals surface area contributed by atoms with Gasteiger partial charge in [-0.3, -0.25) is 4.79 Å². The standard InChI is InChI=1S/C12H15N3O6/c13-10(17)6-21-4-3-14-12(20)15-7-1-2-9(16)8(5-7)11(18)19/h1-2,5,16H,3-4,6H2,(H2,13,17)(H,18,19)(H2,14,15,20). The van der Waals surface area contributed by atoms with Crippen molar-refractivity contribution in [2.45, 2.75) is 0 Å². The number of nitrogens with two attached hydrogens (primary N) is 1. The van der Waals surface area contributed by atoms with Gasteiger partial charge in [0.1, 0.15) is 17.9 Å². The number of phenols is 1. The van der Waals surface area contributed by atoms with Gasteiger partial charge in [0.25, 0.3) is 0 Å². The molecule has 0 heterocycles. The Morgan fingerprint density at radius 3 is 2.62 bits per heavy atom. The number of carboxylic acid groups (broad SMARTS) is 1. The van der Waals surface area contributed by atoms with Gasteiger partial charge in [0.15, 0.2) is 0 Å². The summed E-state index contributed by atoms with van der Waals surface area (Å²) >= 11 is 0. The minimum absolute atomic E-state index is 0.103. The molecule has 3 amide bonds. The predicted octanol–water partition coefficient (Wildman–Crippen LogP) is -0.286. The lowest BCUT2D eigenvalue weighted by molar-refractivity contribution is -0.122. The van der Waals surface area contributed by atoms with E-state index in [9.17, 15) is 19.5 Å².